The first-order valence-electron chi connectivity index (χ1n) is 7.50. The molecule has 0 bridgehead atoms. The van der Waals surface area contributed by atoms with Gasteiger partial charge in [-0.3, -0.25) is 0 Å². The Labute approximate surface area is 127 Å². The van der Waals surface area contributed by atoms with Crippen LogP contribution in [0, 0.1) is 5.82 Å². The van der Waals surface area contributed by atoms with Crippen LogP contribution in [0.1, 0.15) is 22.2 Å². The Morgan fingerprint density at radius 1 is 0.952 bits per heavy atom. The summed E-state index contributed by atoms with van der Waals surface area (Å²) in [6.45, 7) is 7.20. The lowest BCUT2D eigenvalue weighted by Crippen LogP contribution is -2.28. The highest BCUT2D eigenvalue weighted by molar-refractivity contribution is 6.78. The lowest BCUT2D eigenvalue weighted by Gasteiger charge is -2.24. The second-order valence-corrected chi connectivity index (χ2v) is 12.2. The van der Waals surface area contributed by atoms with Crippen LogP contribution in [0.5, 0.6) is 0 Å². The van der Waals surface area contributed by atoms with Crippen LogP contribution in [0.3, 0.4) is 0 Å². The maximum atomic E-state index is 13.9. The summed E-state index contributed by atoms with van der Waals surface area (Å²) in [6, 6.07) is 15.7. The van der Waals surface area contributed by atoms with Crippen LogP contribution in [0.4, 0.5) is 4.39 Å². The van der Waals surface area contributed by atoms with E-state index in [9.17, 15) is 4.39 Å². The van der Waals surface area contributed by atoms with Crippen molar-refractivity contribution in [3.63, 3.8) is 0 Å². The smallest absolute Gasteiger partial charge is 0.126 e. The first-order chi connectivity index (χ1) is 9.97. The van der Waals surface area contributed by atoms with Gasteiger partial charge in [-0.2, -0.15) is 0 Å². The van der Waals surface area contributed by atoms with Crippen molar-refractivity contribution in [2.75, 3.05) is 0 Å². The number of hydrogen-bond donors (Lipinski definition) is 0. The fourth-order valence-corrected chi connectivity index (χ4v) is 5.04. The zero-order valence-corrected chi connectivity index (χ0v) is 13.9. The van der Waals surface area contributed by atoms with Crippen LogP contribution in [0.2, 0.25) is 19.6 Å². The van der Waals surface area contributed by atoms with E-state index in [2.05, 4.69) is 50.0 Å². The molecule has 21 heavy (non-hydrogen) atoms. The van der Waals surface area contributed by atoms with Gasteiger partial charge in [-0.25, -0.2) is 4.39 Å². The summed E-state index contributed by atoms with van der Waals surface area (Å²) in [5.74, 6) is -0.104. The summed E-state index contributed by atoms with van der Waals surface area (Å²) in [5.41, 5.74) is 5.35. The van der Waals surface area contributed by atoms with Crippen molar-refractivity contribution >= 4 is 13.6 Å². The molecule has 0 nitrogen and oxygen atoms in total. The molecule has 2 heteroatoms. The van der Waals surface area contributed by atoms with Gasteiger partial charge in [0.15, 0.2) is 0 Å². The van der Waals surface area contributed by atoms with Crippen LogP contribution in [0.25, 0.3) is 5.57 Å². The van der Waals surface area contributed by atoms with E-state index in [1.165, 1.54) is 16.7 Å². The van der Waals surface area contributed by atoms with Crippen molar-refractivity contribution in [2.24, 2.45) is 0 Å². The molecule has 0 saturated heterocycles. The van der Waals surface area contributed by atoms with E-state index in [4.69, 9.17) is 0 Å². The molecule has 1 aliphatic rings. The van der Waals surface area contributed by atoms with Crippen molar-refractivity contribution in [1.29, 1.82) is 0 Å². The molecule has 3 rings (SSSR count). The van der Waals surface area contributed by atoms with E-state index in [0.29, 0.717) is 12.0 Å². The van der Waals surface area contributed by atoms with E-state index in [1.807, 2.05) is 12.1 Å². The quantitative estimate of drug-likeness (QED) is 0.663. The molecule has 0 saturated carbocycles. The molecule has 0 amide bonds. The van der Waals surface area contributed by atoms with E-state index >= 15 is 0 Å². The number of fused-ring (bicyclic) bond motifs is 1. The molecule has 1 aliphatic carbocycles. The third kappa shape index (κ3) is 2.73. The number of halogens is 1. The average Bonchev–Trinajstić information content (AvgIpc) is 2.81. The monoisotopic (exact) mass is 296 g/mol. The van der Waals surface area contributed by atoms with Gasteiger partial charge >= 0.3 is 0 Å². The molecule has 0 N–H and O–H groups in total. The van der Waals surface area contributed by atoms with E-state index in [1.54, 1.807) is 12.1 Å². The summed E-state index contributed by atoms with van der Waals surface area (Å²) in [7, 11) is -1.32. The molecule has 108 valence electrons. The molecular weight excluding hydrogens is 275 g/mol. The highest BCUT2D eigenvalue weighted by atomic mass is 28.3. The number of allylic oxidation sites excluding steroid dienone is 2. The summed E-state index contributed by atoms with van der Waals surface area (Å²) in [5, 5.41) is 0. The SMILES string of the molecule is C[Si](C)(C)C1C=C(Cc2ccccc2F)c2ccccc21. The molecule has 0 aliphatic heterocycles. The molecule has 1 atom stereocenters. The summed E-state index contributed by atoms with van der Waals surface area (Å²) in [4.78, 5) is 0. The van der Waals surface area contributed by atoms with E-state index < -0.39 is 8.07 Å². The standard InChI is InChI=1S/C19H21FSi/c1-21(2,3)19-13-15(16-9-5-6-10-17(16)19)12-14-8-4-7-11-18(14)20/h4-11,13,19H,12H2,1-3H3. The normalized spacial score (nSPS) is 17.5. The van der Waals surface area contributed by atoms with Gasteiger partial charge in [-0.05, 0) is 33.9 Å². The average molecular weight is 296 g/mol. The van der Waals surface area contributed by atoms with E-state index in [-0.39, 0.29) is 5.82 Å². The van der Waals surface area contributed by atoms with Crippen LogP contribution in [-0.2, 0) is 6.42 Å². The van der Waals surface area contributed by atoms with Gasteiger partial charge in [0.25, 0.3) is 0 Å². The van der Waals surface area contributed by atoms with Crippen LogP contribution in [0.15, 0.2) is 54.6 Å². The molecule has 0 heterocycles. The largest absolute Gasteiger partial charge is 0.207 e. The Morgan fingerprint density at radius 2 is 1.62 bits per heavy atom. The second kappa shape index (κ2) is 5.27. The van der Waals surface area contributed by atoms with Crippen molar-refractivity contribution in [3.8, 4) is 0 Å². The highest BCUT2D eigenvalue weighted by Gasteiger charge is 2.33. The van der Waals surface area contributed by atoms with Gasteiger partial charge in [-0.1, -0.05) is 68.2 Å². The van der Waals surface area contributed by atoms with Gasteiger partial charge < -0.3 is 0 Å². The van der Waals surface area contributed by atoms with E-state index in [0.717, 1.165) is 5.56 Å². The molecule has 2 aromatic rings. The third-order valence-corrected chi connectivity index (χ3v) is 6.63. The molecule has 0 fully saturated rings. The molecule has 0 radical (unpaired) electrons. The minimum atomic E-state index is -1.32. The predicted molar refractivity (Wildman–Crippen MR) is 90.6 cm³/mol. The Kier molecular flexibility index (Phi) is 3.58. The highest BCUT2D eigenvalue weighted by Crippen LogP contribution is 2.42. The molecular formula is C19H21FSi. The first kappa shape index (κ1) is 14.3. The zero-order valence-electron chi connectivity index (χ0n) is 12.9. The molecule has 1 unspecified atom stereocenters. The summed E-state index contributed by atoms with van der Waals surface area (Å²) >= 11 is 0. The number of benzene rings is 2. The van der Waals surface area contributed by atoms with Gasteiger partial charge in [-0.15, -0.1) is 0 Å². The Balaban J connectivity index is 2.01. The Morgan fingerprint density at radius 3 is 2.33 bits per heavy atom. The molecule has 0 aromatic heterocycles. The van der Waals surface area contributed by atoms with Crippen molar-refractivity contribution in [1.82, 2.24) is 0 Å². The van der Waals surface area contributed by atoms with Crippen molar-refractivity contribution in [2.45, 2.75) is 31.6 Å². The third-order valence-electron chi connectivity index (χ3n) is 4.28. The minimum absolute atomic E-state index is 0.104. The van der Waals surface area contributed by atoms with Crippen molar-refractivity contribution in [3.05, 3.63) is 77.1 Å². The van der Waals surface area contributed by atoms with Crippen LogP contribution >= 0.6 is 0 Å². The van der Waals surface area contributed by atoms with Gasteiger partial charge in [0.2, 0.25) is 0 Å². The van der Waals surface area contributed by atoms with Crippen LogP contribution in [-0.4, -0.2) is 8.07 Å². The molecule has 0 spiro atoms. The number of rotatable bonds is 3. The fourth-order valence-electron chi connectivity index (χ4n) is 3.16. The van der Waals surface area contributed by atoms with Crippen molar-refractivity contribution < 1.29 is 4.39 Å². The van der Waals surface area contributed by atoms with Gasteiger partial charge in [0.05, 0.1) is 8.07 Å². The molecule has 2 aromatic carbocycles. The topological polar surface area (TPSA) is 0 Å². The van der Waals surface area contributed by atoms with Gasteiger partial charge in [0.1, 0.15) is 5.82 Å². The lowest BCUT2D eigenvalue weighted by molar-refractivity contribution is 0.615. The Hall–Kier alpha value is -1.67. The minimum Gasteiger partial charge on any atom is -0.207 e. The maximum absolute atomic E-state index is 13.9. The van der Waals surface area contributed by atoms with Crippen LogP contribution < -0.4 is 0 Å². The first-order valence-corrected chi connectivity index (χ1v) is 11.1. The summed E-state index contributed by atoms with van der Waals surface area (Å²) < 4.78 is 13.9. The lowest BCUT2D eigenvalue weighted by atomic mass is 9.99. The Bertz CT molecular complexity index is 695. The maximum Gasteiger partial charge on any atom is 0.126 e. The van der Waals surface area contributed by atoms with Gasteiger partial charge in [0, 0.05) is 6.42 Å². The fraction of sp³-hybridized carbons (Fsp3) is 0.263. The second-order valence-electron chi connectivity index (χ2n) is 6.89. The zero-order chi connectivity index (χ0) is 15.0. The predicted octanol–water partition coefficient (Wildman–Crippen LogP) is 5.43. The number of hydrogen-bond acceptors (Lipinski definition) is 0. The summed E-state index contributed by atoms with van der Waals surface area (Å²) in [6.07, 6.45) is 3.08.